The van der Waals surface area contributed by atoms with Gasteiger partial charge in [0.05, 0.1) is 16.0 Å². The Kier molecular flexibility index (Phi) is 8.67. The fourth-order valence-corrected chi connectivity index (χ4v) is 3.68. The van der Waals surface area contributed by atoms with E-state index in [2.05, 4.69) is 5.32 Å². The molecular weight excluding hydrogens is 424 g/mol. The van der Waals surface area contributed by atoms with E-state index >= 15 is 0 Å². The highest BCUT2D eigenvalue weighted by molar-refractivity contribution is 6.42. The van der Waals surface area contributed by atoms with Crippen molar-refractivity contribution in [2.45, 2.75) is 51.2 Å². The lowest BCUT2D eigenvalue weighted by atomic mass is 9.94. The molecule has 3 amide bonds. The first kappa shape index (κ1) is 23.4. The molecule has 3 N–H and O–H groups in total. The van der Waals surface area contributed by atoms with Gasteiger partial charge in [0.1, 0.15) is 6.04 Å². The van der Waals surface area contributed by atoms with Crippen molar-refractivity contribution in [3.05, 3.63) is 28.2 Å². The summed E-state index contributed by atoms with van der Waals surface area (Å²) in [6.45, 7) is 2.17. The van der Waals surface area contributed by atoms with Crippen molar-refractivity contribution >= 4 is 46.6 Å². The number of unbranched alkanes of at least 4 members (excludes halogenated alkanes) is 1. The third-order valence-corrected chi connectivity index (χ3v) is 5.66. The van der Waals surface area contributed by atoms with E-state index in [1.165, 1.54) is 16.4 Å². The van der Waals surface area contributed by atoms with Gasteiger partial charge in [-0.05, 0) is 37.5 Å². The van der Waals surface area contributed by atoms with Crippen LogP contribution in [-0.2, 0) is 14.4 Å². The third kappa shape index (κ3) is 5.81. The second-order valence-corrected chi connectivity index (χ2v) is 7.75. The smallest absolute Gasteiger partial charge is 0.278 e. The minimum absolute atomic E-state index is 0.140. The molecule has 1 aromatic rings. The van der Waals surface area contributed by atoms with E-state index in [1.807, 2.05) is 6.92 Å². The standard InChI is InChI=1S/C19H24Cl2FN3O4/c1-2-3-5-12(16(22)18(27)24-29)19(28)25-9-4-6-15(25)17(26)23-11-7-8-13(20)14(21)10-11/h7-8,10,12,15-16,29H,2-6,9H2,1H3,(H,23,26)(H,24,27)/t12-,15?,16+/m1/s1. The molecule has 1 heterocycles. The molecule has 1 aliphatic rings. The van der Waals surface area contributed by atoms with E-state index < -0.39 is 35.9 Å². The first-order valence-electron chi connectivity index (χ1n) is 9.44. The Morgan fingerprint density at radius 2 is 2.03 bits per heavy atom. The van der Waals surface area contributed by atoms with Crippen LogP contribution >= 0.6 is 23.2 Å². The van der Waals surface area contributed by atoms with Crippen LogP contribution in [0.2, 0.25) is 10.0 Å². The van der Waals surface area contributed by atoms with Crippen molar-refractivity contribution in [2.75, 3.05) is 11.9 Å². The molecule has 0 aromatic heterocycles. The number of anilines is 1. The van der Waals surface area contributed by atoms with E-state index in [-0.39, 0.29) is 18.0 Å². The highest BCUT2D eigenvalue weighted by Crippen LogP contribution is 2.28. The predicted octanol–water partition coefficient (Wildman–Crippen LogP) is 3.57. The van der Waals surface area contributed by atoms with Gasteiger partial charge in [-0.3, -0.25) is 19.6 Å². The van der Waals surface area contributed by atoms with Gasteiger partial charge in [0.15, 0.2) is 6.17 Å². The van der Waals surface area contributed by atoms with E-state index in [4.69, 9.17) is 28.4 Å². The van der Waals surface area contributed by atoms with Gasteiger partial charge >= 0.3 is 0 Å². The lowest BCUT2D eigenvalue weighted by Gasteiger charge is -2.29. The summed E-state index contributed by atoms with van der Waals surface area (Å²) in [7, 11) is 0. The molecule has 0 bridgehead atoms. The first-order chi connectivity index (χ1) is 13.8. The third-order valence-electron chi connectivity index (χ3n) is 4.93. The lowest BCUT2D eigenvalue weighted by molar-refractivity contribution is -0.148. The Bertz CT molecular complexity index is 765. The van der Waals surface area contributed by atoms with E-state index in [0.29, 0.717) is 36.4 Å². The van der Waals surface area contributed by atoms with Crippen LogP contribution in [0, 0.1) is 5.92 Å². The molecule has 10 heteroatoms. The van der Waals surface area contributed by atoms with Crippen LogP contribution in [0.3, 0.4) is 0 Å². The maximum absolute atomic E-state index is 14.5. The molecule has 1 unspecified atom stereocenters. The maximum Gasteiger partial charge on any atom is 0.278 e. The van der Waals surface area contributed by atoms with Crippen molar-refractivity contribution in [2.24, 2.45) is 5.92 Å². The molecule has 1 fully saturated rings. The quantitative estimate of drug-likeness (QED) is 0.418. The average molecular weight is 448 g/mol. The number of hydroxylamine groups is 1. The van der Waals surface area contributed by atoms with Crippen molar-refractivity contribution in [1.29, 1.82) is 0 Å². The largest absolute Gasteiger partial charge is 0.330 e. The SMILES string of the molecule is CCCC[C@@H](C(=O)N1CCCC1C(=O)Nc1ccc(Cl)c(Cl)c1)[C@H](F)C(=O)NO. The fourth-order valence-electron chi connectivity index (χ4n) is 3.38. The van der Waals surface area contributed by atoms with Crippen molar-refractivity contribution < 1.29 is 24.0 Å². The summed E-state index contributed by atoms with van der Waals surface area (Å²) in [5.74, 6) is -3.57. The zero-order chi connectivity index (χ0) is 21.6. The summed E-state index contributed by atoms with van der Waals surface area (Å²) >= 11 is 11.8. The number of nitrogens with one attached hydrogen (secondary N) is 2. The zero-order valence-corrected chi connectivity index (χ0v) is 17.5. The van der Waals surface area contributed by atoms with Crippen molar-refractivity contribution in [3.63, 3.8) is 0 Å². The van der Waals surface area contributed by atoms with Crippen LogP contribution in [0.1, 0.15) is 39.0 Å². The summed E-state index contributed by atoms with van der Waals surface area (Å²) in [5.41, 5.74) is 1.68. The molecule has 160 valence electrons. The summed E-state index contributed by atoms with van der Waals surface area (Å²) in [6, 6.07) is 3.83. The number of amides is 3. The van der Waals surface area contributed by atoms with Gasteiger partial charge in [-0.25, -0.2) is 9.87 Å². The van der Waals surface area contributed by atoms with Crippen LogP contribution in [0.4, 0.5) is 10.1 Å². The summed E-state index contributed by atoms with van der Waals surface area (Å²) in [5, 5.41) is 12.0. The number of carbonyl (C=O) groups is 3. The molecule has 0 aliphatic carbocycles. The topological polar surface area (TPSA) is 98.7 Å². The Balaban J connectivity index is 2.15. The first-order valence-corrected chi connectivity index (χ1v) is 10.2. The normalized spacial score (nSPS) is 18.2. The minimum atomic E-state index is -2.20. The molecular formula is C19H24Cl2FN3O4. The van der Waals surface area contributed by atoms with Crippen LogP contribution < -0.4 is 10.8 Å². The number of hydrogen-bond acceptors (Lipinski definition) is 4. The molecule has 1 aromatic carbocycles. The Morgan fingerprint density at radius 1 is 1.31 bits per heavy atom. The number of alkyl halides is 1. The van der Waals surface area contributed by atoms with Gasteiger partial charge in [-0.1, -0.05) is 43.0 Å². The molecule has 1 saturated heterocycles. The fraction of sp³-hybridized carbons (Fsp3) is 0.526. The second kappa shape index (κ2) is 10.8. The number of rotatable bonds is 8. The van der Waals surface area contributed by atoms with E-state index in [9.17, 15) is 18.8 Å². The van der Waals surface area contributed by atoms with Crippen molar-refractivity contribution in [1.82, 2.24) is 10.4 Å². The highest BCUT2D eigenvalue weighted by atomic mass is 35.5. The van der Waals surface area contributed by atoms with Gasteiger partial charge in [0.25, 0.3) is 5.91 Å². The number of carbonyl (C=O) groups excluding carboxylic acids is 3. The van der Waals surface area contributed by atoms with Gasteiger partial charge in [0.2, 0.25) is 11.8 Å². The Morgan fingerprint density at radius 3 is 2.66 bits per heavy atom. The summed E-state index contributed by atoms with van der Waals surface area (Å²) < 4.78 is 14.5. The van der Waals surface area contributed by atoms with Gasteiger partial charge in [-0.15, -0.1) is 0 Å². The van der Waals surface area contributed by atoms with Crippen LogP contribution in [-0.4, -0.2) is 46.6 Å². The minimum Gasteiger partial charge on any atom is -0.330 e. The summed E-state index contributed by atoms with van der Waals surface area (Å²) in [4.78, 5) is 38.6. The number of nitrogens with zero attached hydrogens (tertiary/aromatic N) is 1. The molecule has 7 nitrogen and oxygen atoms in total. The Labute approximate surface area is 178 Å². The molecule has 2 rings (SSSR count). The van der Waals surface area contributed by atoms with E-state index in [0.717, 1.165) is 0 Å². The lowest BCUT2D eigenvalue weighted by Crippen LogP contribution is -2.49. The highest BCUT2D eigenvalue weighted by Gasteiger charge is 2.41. The van der Waals surface area contributed by atoms with Crippen molar-refractivity contribution in [3.8, 4) is 0 Å². The molecule has 29 heavy (non-hydrogen) atoms. The zero-order valence-electron chi connectivity index (χ0n) is 16.0. The molecule has 3 atom stereocenters. The second-order valence-electron chi connectivity index (χ2n) is 6.93. The predicted molar refractivity (Wildman–Crippen MR) is 108 cm³/mol. The maximum atomic E-state index is 14.5. The number of benzene rings is 1. The van der Waals surface area contributed by atoms with Gasteiger partial charge in [0, 0.05) is 12.2 Å². The average Bonchev–Trinajstić information content (AvgIpc) is 3.20. The number of hydrogen-bond donors (Lipinski definition) is 3. The summed E-state index contributed by atoms with van der Waals surface area (Å²) in [6.07, 6.45) is 0.180. The molecule has 1 aliphatic heterocycles. The van der Waals surface area contributed by atoms with Crippen LogP contribution in [0.5, 0.6) is 0 Å². The molecule has 0 spiro atoms. The van der Waals surface area contributed by atoms with Gasteiger partial charge in [-0.2, -0.15) is 0 Å². The van der Waals surface area contributed by atoms with Gasteiger partial charge < -0.3 is 10.2 Å². The molecule has 0 radical (unpaired) electrons. The van der Waals surface area contributed by atoms with Crippen LogP contribution in [0.25, 0.3) is 0 Å². The Hall–Kier alpha value is -1.90. The monoisotopic (exact) mass is 447 g/mol. The number of halogens is 3. The number of likely N-dealkylation sites (tertiary alicyclic amines) is 1. The van der Waals surface area contributed by atoms with Crippen LogP contribution in [0.15, 0.2) is 18.2 Å². The van der Waals surface area contributed by atoms with E-state index in [1.54, 1.807) is 12.1 Å². The molecule has 0 saturated carbocycles.